The summed E-state index contributed by atoms with van der Waals surface area (Å²) in [4.78, 5) is 8.82. The number of benzene rings is 1. The second-order valence-corrected chi connectivity index (χ2v) is 4.25. The summed E-state index contributed by atoms with van der Waals surface area (Å²) in [5.41, 5.74) is 1.89. The highest BCUT2D eigenvalue weighted by Gasteiger charge is 2.22. The summed E-state index contributed by atoms with van der Waals surface area (Å²) in [6, 6.07) is 13.6. The van der Waals surface area contributed by atoms with Crippen LogP contribution in [0, 0.1) is 0 Å². The molecule has 1 aliphatic rings. The molecule has 0 spiro atoms. The van der Waals surface area contributed by atoms with Gasteiger partial charge in [-0.1, -0.05) is 18.2 Å². The van der Waals surface area contributed by atoms with Crippen LogP contribution in [0.15, 0.2) is 53.7 Å². The van der Waals surface area contributed by atoms with Crippen LogP contribution in [0.25, 0.3) is 0 Å². The van der Waals surface area contributed by atoms with Crippen molar-refractivity contribution in [3.8, 4) is 5.75 Å². The smallest absolute Gasteiger partial charge is 0.236 e. The normalized spacial score (nSPS) is 17.7. The third-order valence-electron chi connectivity index (χ3n) is 3.04. The number of rotatable bonds is 3. The molecule has 2 aromatic rings. The number of hydrogen-bond acceptors (Lipinski definition) is 4. The van der Waals surface area contributed by atoms with Gasteiger partial charge in [-0.3, -0.25) is 4.98 Å². The monoisotopic (exact) mass is 254 g/mol. The number of ether oxygens (including phenoxy) is 2. The van der Waals surface area contributed by atoms with Gasteiger partial charge in [0.2, 0.25) is 5.90 Å². The molecule has 0 fully saturated rings. The second kappa shape index (κ2) is 5.10. The Balaban J connectivity index is 1.82. The van der Waals surface area contributed by atoms with E-state index >= 15 is 0 Å². The highest BCUT2D eigenvalue weighted by Crippen LogP contribution is 2.26. The van der Waals surface area contributed by atoms with E-state index in [1.54, 1.807) is 13.3 Å². The van der Waals surface area contributed by atoms with E-state index in [1.165, 1.54) is 0 Å². The number of pyridine rings is 1. The molecule has 0 aliphatic carbocycles. The van der Waals surface area contributed by atoms with E-state index < -0.39 is 0 Å². The third kappa shape index (κ3) is 2.42. The fraction of sp³-hybridized carbons (Fsp3) is 0.200. The van der Waals surface area contributed by atoms with Gasteiger partial charge in [0.1, 0.15) is 24.1 Å². The molecule has 0 radical (unpaired) electrons. The van der Waals surface area contributed by atoms with Crippen molar-refractivity contribution in [1.29, 1.82) is 0 Å². The van der Waals surface area contributed by atoms with Crippen LogP contribution in [0.1, 0.15) is 17.3 Å². The fourth-order valence-electron chi connectivity index (χ4n) is 2.00. The topological polar surface area (TPSA) is 43.7 Å². The van der Waals surface area contributed by atoms with Crippen LogP contribution in [-0.4, -0.2) is 24.6 Å². The maximum atomic E-state index is 5.62. The Morgan fingerprint density at radius 1 is 1.16 bits per heavy atom. The lowest BCUT2D eigenvalue weighted by Crippen LogP contribution is -2.03. The first kappa shape index (κ1) is 11.7. The molecule has 4 heteroatoms. The minimum Gasteiger partial charge on any atom is -0.497 e. The number of aromatic nitrogens is 1. The van der Waals surface area contributed by atoms with Gasteiger partial charge in [0.25, 0.3) is 0 Å². The van der Waals surface area contributed by atoms with E-state index in [-0.39, 0.29) is 6.04 Å². The summed E-state index contributed by atoms with van der Waals surface area (Å²) in [6.45, 7) is 0.554. The Labute approximate surface area is 111 Å². The molecule has 1 aromatic heterocycles. The van der Waals surface area contributed by atoms with E-state index in [9.17, 15) is 0 Å². The summed E-state index contributed by atoms with van der Waals surface area (Å²) in [5.74, 6) is 1.46. The van der Waals surface area contributed by atoms with E-state index in [1.807, 2.05) is 42.5 Å². The molecule has 0 amide bonds. The van der Waals surface area contributed by atoms with Crippen molar-refractivity contribution >= 4 is 5.90 Å². The zero-order valence-corrected chi connectivity index (χ0v) is 10.6. The van der Waals surface area contributed by atoms with Crippen molar-refractivity contribution in [3.63, 3.8) is 0 Å². The molecular weight excluding hydrogens is 240 g/mol. The molecule has 0 N–H and O–H groups in total. The molecule has 1 aliphatic heterocycles. The molecule has 1 aromatic carbocycles. The average molecular weight is 254 g/mol. The largest absolute Gasteiger partial charge is 0.497 e. The Bertz CT molecular complexity index is 579. The number of hydrogen-bond donors (Lipinski definition) is 0. The second-order valence-electron chi connectivity index (χ2n) is 4.25. The van der Waals surface area contributed by atoms with Gasteiger partial charge in [-0.15, -0.1) is 0 Å². The van der Waals surface area contributed by atoms with Gasteiger partial charge >= 0.3 is 0 Å². The van der Waals surface area contributed by atoms with Crippen LogP contribution >= 0.6 is 0 Å². The van der Waals surface area contributed by atoms with E-state index in [2.05, 4.69) is 9.98 Å². The van der Waals surface area contributed by atoms with Gasteiger partial charge in [-0.05, 0) is 29.8 Å². The van der Waals surface area contributed by atoms with E-state index in [0.29, 0.717) is 12.5 Å². The highest BCUT2D eigenvalue weighted by atomic mass is 16.5. The minimum atomic E-state index is 0.0305. The highest BCUT2D eigenvalue weighted by molar-refractivity contribution is 5.93. The number of aliphatic imine (C=N–C) groups is 1. The molecule has 0 bridgehead atoms. The van der Waals surface area contributed by atoms with Crippen molar-refractivity contribution in [2.45, 2.75) is 6.04 Å². The van der Waals surface area contributed by atoms with Crippen LogP contribution in [0.3, 0.4) is 0 Å². The summed E-state index contributed by atoms with van der Waals surface area (Å²) in [5, 5.41) is 0. The summed E-state index contributed by atoms with van der Waals surface area (Å²) in [6.07, 6.45) is 1.74. The Morgan fingerprint density at radius 3 is 2.68 bits per heavy atom. The van der Waals surface area contributed by atoms with Gasteiger partial charge in [0, 0.05) is 6.20 Å². The minimum absolute atomic E-state index is 0.0305. The van der Waals surface area contributed by atoms with Gasteiger partial charge in [-0.25, -0.2) is 4.99 Å². The standard InChI is InChI=1S/C15H14N2O2/c1-18-12-7-5-11(6-8-12)14-10-19-15(17-14)13-4-2-3-9-16-13/h2-9,14H,10H2,1H3/t14-/m1/s1. The SMILES string of the molecule is COc1ccc([C@H]2COC(c3ccccn3)=N2)cc1. The van der Waals surface area contributed by atoms with Crippen molar-refractivity contribution in [2.24, 2.45) is 4.99 Å². The Kier molecular flexibility index (Phi) is 3.14. The summed E-state index contributed by atoms with van der Waals surface area (Å²) in [7, 11) is 1.66. The first-order valence-corrected chi connectivity index (χ1v) is 6.13. The van der Waals surface area contributed by atoms with Crippen LogP contribution in [0.2, 0.25) is 0 Å². The van der Waals surface area contributed by atoms with Gasteiger partial charge in [0.05, 0.1) is 7.11 Å². The molecule has 4 nitrogen and oxygen atoms in total. The van der Waals surface area contributed by atoms with Crippen LogP contribution in [0.4, 0.5) is 0 Å². The fourth-order valence-corrected chi connectivity index (χ4v) is 2.00. The molecule has 0 saturated heterocycles. The first-order valence-electron chi connectivity index (χ1n) is 6.13. The van der Waals surface area contributed by atoms with Gasteiger partial charge in [-0.2, -0.15) is 0 Å². The lowest BCUT2D eigenvalue weighted by Gasteiger charge is -2.06. The number of nitrogens with zero attached hydrogens (tertiary/aromatic N) is 2. The van der Waals surface area contributed by atoms with Gasteiger partial charge < -0.3 is 9.47 Å². The van der Waals surface area contributed by atoms with Crippen molar-refractivity contribution in [2.75, 3.05) is 13.7 Å². The van der Waals surface area contributed by atoms with Gasteiger partial charge in [0.15, 0.2) is 0 Å². The third-order valence-corrected chi connectivity index (χ3v) is 3.04. The lowest BCUT2D eigenvalue weighted by atomic mass is 10.1. The molecule has 0 saturated carbocycles. The summed E-state index contributed by atoms with van der Waals surface area (Å²) < 4.78 is 10.8. The van der Waals surface area contributed by atoms with Crippen LogP contribution in [-0.2, 0) is 4.74 Å². The molecule has 96 valence electrons. The Morgan fingerprint density at radius 2 is 2.00 bits per heavy atom. The molecular formula is C15H14N2O2. The molecule has 2 heterocycles. The average Bonchev–Trinajstić information content (AvgIpc) is 2.98. The van der Waals surface area contributed by atoms with Crippen molar-refractivity contribution in [3.05, 3.63) is 59.9 Å². The van der Waals surface area contributed by atoms with E-state index in [0.717, 1.165) is 17.0 Å². The Hall–Kier alpha value is -2.36. The summed E-state index contributed by atoms with van der Waals surface area (Å²) >= 11 is 0. The molecule has 19 heavy (non-hydrogen) atoms. The maximum Gasteiger partial charge on any atom is 0.236 e. The van der Waals surface area contributed by atoms with Crippen molar-refractivity contribution in [1.82, 2.24) is 4.98 Å². The number of methoxy groups -OCH3 is 1. The predicted octanol–water partition coefficient (Wildman–Crippen LogP) is 2.61. The van der Waals surface area contributed by atoms with Crippen molar-refractivity contribution < 1.29 is 9.47 Å². The van der Waals surface area contributed by atoms with E-state index in [4.69, 9.17) is 9.47 Å². The molecule has 1 atom stereocenters. The zero-order valence-electron chi connectivity index (χ0n) is 10.6. The lowest BCUT2D eigenvalue weighted by molar-refractivity contribution is 0.319. The van der Waals surface area contributed by atoms with Crippen LogP contribution in [0.5, 0.6) is 5.75 Å². The molecule has 0 unspecified atom stereocenters. The quantitative estimate of drug-likeness (QED) is 0.845. The maximum absolute atomic E-state index is 5.62. The first-order chi connectivity index (χ1) is 9.36. The zero-order chi connectivity index (χ0) is 13.1. The predicted molar refractivity (Wildman–Crippen MR) is 72.5 cm³/mol. The molecule has 3 rings (SSSR count). The van der Waals surface area contributed by atoms with Crippen LogP contribution < -0.4 is 4.74 Å².